The molecule has 0 spiro atoms. The van der Waals surface area contributed by atoms with Crippen LogP contribution >= 0.6 is 31.9 Å². The normalized spacial score (nSPS) is 9.97. The Morgan fingerprint density at radius 2 is 1.45 bits per heavy atom. The maximum absolute atomic E-state index is 11.8. The maximum Gasteiger partial charge on any atom is 0.316 e. The van der Waals surface area contributed by atoms with Crippen LogP contribution in [0.5, 0.6) is 0 Å². The largest absolute Gasteiger partial charge is 0.462 e. The average molecular weight is 528 g/mol. The summed E-state index contributed by atoms with van der Waals surface area (Å²) in [4.78, 5) is 33.9. The highest BCUT2D eigenvalue weighted by atomic mass is 79.9. The van der Waals surface area contributed by atoms with E-state index < -0.39 is 5.97 Å². The highest BCUT2D eigenvalue weighted by molar-refractivity contribution is 9.09. The van der Waals surface area contributed by atoms with Crippen LogP contribution in [0.1, 0.15) is 35.3 Å². The van der Waals surface area contributed by atoms with E-state index in [9.17, 15) is 14.4 Å². The van der Waals surface area contributed by atoms with E-state index in [0.29, 0.717) is 5.56 Å². The van der Waals surface area contributed by atoms with Crippen molar-refractivity contribution in [1.82, 2.24) is 0 Å². The molecule has 0 saturated carbocycles. The van der Waals surface area contributed by atoms with Gasteiger partial charge in [0, 0.05) is 10.9 Å². The Labute approximate surface area is 188 Å². The summed E-state index contributed by atoms with van der Waals surface area (Å²) in [6.45, 7) is 3.42. The van der Waals surface area contributed by atoms with Crippen LogP contribution in [0.25, 0.3) is 0 Å². The minimum atomic E-state index is -0.397. The number of rotatable bonds is 8. The van der Waals surface area contributed by atoms with Gasteiger partial charge >= 0.3 is 11.9 Å². The molecular weight excluding hydrogens is 504 g/mol. The topological polar surface area (TPSA) is 69.7 Å². The number of hydrogen-bond donors (Lipinski definition) is 0. The smallest absolute Gasteiger partial charge is 0.316 e. The molecule has 2 rings (SSSR count). The molecule has 0 aliphatic rings. The number of ether oxygens (including phenoxy) is 2. The molecule has 0 amide bonds. The van der Waals surface area contributed by atoms with Gasteiger partial charge in [0.1, 0.15) is 5.33 Å². The summed E-state index contributed by atoms with van der Waals surface area (Å²) in [5, 5.41) is 1.06. The molecule has 156 valence electrons. The predicted molar refractivity (Wildman–Crippen MR) is 120 cm³/mol. The Morgan fingerprint density at radius 3 is 1.93 bits per heavy atom. The first-order valence-corrected chi connectivity index (χ1v) is 11.2. The van der Waals surface area contributed by atoms with Crippen molar-refractivity contribution in [3.05, 3.63) is 71.3 Å². The summed E-state index contributed by atoms with van der Waals surface area (Å²) in [7, 11) is 0. The van der Waals surface area contributed by atoms with Gasteiger partial charge in [0.05, 0.1) is 12.5 Å². The van der Waals surface area contributed by atoms with Crippen molar-refractivity contribution in [2.45, 2.75) is 31.7 Å². The van der Waals surface area contributed by atoms with Crippen molar-refractivity contribution in [1.29, 1.82) is 0 Å². The number of halogens is 2. The SMILES string of the molecule is CC(C)OC(=O)CBr.O=C(Cc1ccc(CBr)cc1)OCC(=O)c1ccccc1. The van der Waals surface area contributed by atoms with Gasteiger partial charge in [-0.3, -0.25) is 14.4 Å². The molecule has 29 heavy (non-hydrogen) atoms. The summed E-state index contributed by atoms with van der Waals surface area (Å²) < 4.78 is 9.73. The molecule has 0 saturated heterocycles. The molecule has 0 unspecified atom stereocenters. The first-order chi connectivity index (χ1) is 13.8. The third-order valence-corrected chi connectivity index (χ3v) is 4.57. The van der Waals surface area contributed by atoms with Crippen LogP contribution in [0.15, 0.2) is 54.6 Å². The lowest BCUT2D eigenvalue weighted by Crippen LogP contribution is -2.15. The second-order valence-corrected chi connectivity index (χ2v) is 7.37. The van der Waals surface area contributed by atoms with Gasteiger partial charge in [-0.1, -0.05) is 86.5 Å². The molecule has 0 N–H and O–H groups in total. The molecule has 7 heteroatoms. The van der Waals surface area contributed by atoms with Gasteiger partial charge in [-0.25, -0.2) is 0 Å². The third-order valence-electron chi connectivity index (χ3n) is 3.46. The molecule has 0 atom stereocenters. The Morgan fingerprint density at radius 1 is 0.862 bits per heavy atom. The van der Waals surface area contributed by atoms with Crippen LogP contribution < -0.4 is 0 Å². The van der Waals surface area contributed by atoms with Crippen LogP contribution in [0.4, 0.5) is 0 Å². The molecular formula is C22H24Br2O5. The van der Waals surface area contributed by atoms with Crippen molar-refractivity contribution in [2.24, 2.45) is 0 Å². The Balaban J connectivity index is 0.000000447. The highest BCUT2D eigenvalue weighted by Gasteiger charge is 2.10. The second kappa shape index (κ2) is 14.1. The van der Waals surface area contributed by atoms with E-state index in [-0.39, 0.29) is 36.2 Å². The van der Waals surface area contributed by atoms with Gasteiger partial charge in [0.15, 0.2) is 12.4 Å². The van der Waals surface area contributed by atoms with Crippen LogP contribution in [0, 0.1) is 0 Å². The summed E-state index contributed by atoms with van der Waals surface area (Å²) in [5.74, 6) is -0.801. The zero-order valence-corrected chi connectivity index (χ0v) is 19.6. The minimum absolute atomic E-state index is 0.0000463. The van der Waals surface area contributed by atoms with Gasteiger partial charge in [-0.15, -0.1) is 0 Å². The number of benzene rings is 2. The number of hydrogen-bond acceptors (Lipinski definition) is 5. The summed E-state index contributed by atoms with van der Waals surface area (Å²) >= 11 is 6.34. The quantitative estimate of drug-likeness (QED) is 0.278. The van der Waals surface area contributed by atoms with E-state index >= 15 is 0 Å². The molecule has 2 aromatic rings. The van der Waals surface area contributed by atoms with Crippen molar-refractivity contribution in [3.8, 4) is 0 Å². The lowest BCUT2D eigenvalue weighted by atomic mass is 10.1. The van der Waals surface area contributed by atoms with Gasteiger partial charge < -0.3 is 9.47 Å². The Hall–Kier alpha value is -1.99. The van der Waals surface area contributed by atoms with E-state index in [1.165, 1.54) is 0 Å². The molecule has 0 aliphatic carbocycles. The zero-order chi connectivity index (χ0) is 21.6. The maximum atomic E-state index is 11.8. The fraction of sp³-hybridized carbons (Fsp3) is 0.318. The number of esters is 2. The average Bonchev–Trinajstić information content (AvgIpc) is 2.73. The van der Waals surface area contributed by atoms with E-state index in [2.05, 4.69) is 31.9 Å². The Bertz CT molecular complexity index is 774. The third kappa shape index (κ3) is 10.9. The van der Waals surface area contributed by atoms with Gasteiger partial charge in [-0.2, -0.15) is 0 Å². The summed E-state index contributed by atoms with van der Waals surface area (Å²) in [6, 6.07) is 16.5. The number of alkyl halides is 2. The molecule has 0 heterocycles. The fourth-order valence-electron chi connectivity index (χ4n) is 2.11. The fourth-order valence-corrected chi connectivity index (χ4v) is 2.62. The van der Waals surface area contributed by atoms with E-state index in [1.54, 1.807) is 24.3 Å². The number of carbonyl (C=O) groups excluding carboxylic acids is 3. The molecule has 0 bridgehead atoms. The summed E-state index contributed by atoms with van der Waals surface area (Å²) in [5.41, 5.74) is 2.57. The highest BCUT2D eigenvalue weighted by Crippen LogP contribution is 2.09. The monoisotopic (exact) mass is 526 g/mol. The lowest BCUT2D eigenvalue weighted by Gasteiger charge is -2.05. The Kier molecular flexibility index (Phi) is 12.1. The van der Waals surface area contributed by atoms with Crippen molar-refractivity contribution >= 4 is 49.6 Å². The predicted octanol–water partition coefficient (Wildman–Crippen LogP) is 4.88. The van der Waals surface area contributed by atoms with E-state index in [0.717, 1.165) is 16.5 Å². The molecule has 5 nitrogen and oxygen atoms in total. The minimum Gasteiger partial charge on any atom is -0.462 e. The van der Waals surface area contributed by atoms with Gasteiger partial charge in [0.2, 0.25) is 0 Å². The lowest BCUT2D eigenvalue weighted by molar-refractivity contribution is -0.144. The van der Waals surface area contributed by atoms with Gasteiger partial charge in [-0.05, 0) is 25.0 Å². The first kappa shape index (κ1) is 25.0. The number of Topliss-reactive ketones (excluding diaryl/α,β-unsaturated/α-hetero) is 1. The van der Waals surface area contributed by atoms with E-state index in [1.807, 2.05) is 44.2 Å². The molecule has 2 aromatic carbocycles. The molecule has 0 aliphatic heterocycles. The van der Waals surface area contributed by atoms with Crippen molar-refractivity contribution in [2.75, 3.05) is 11.9 Å². The standard InChI is InChI=1S/C17H15BrO3.C5H9BrO2/c18-11-14-8-6-13(7-9-14)10-17(20)21-12-16(19)15-4-2-1-3-5-15;1-4(2)8-5(7)3-6/h1-9H,10-12H2;4H,3H2,1-2H3. The van der Waals surface area contributed by atoms with Crippen molar-refractivity contribution < 1.29 is 23.9 Å². The number of carbonyl (C=O) groups is 3. The van der Waals surface area contributed by atoms with Gasteiger partial charge in [0.25, 0.3) is 0 Å². The molecule has 0 aromatic heterocycles. The van der Waals surface area contributed by atoms with Crippen molar-refractivity contribution in [3.63, 3.8) is 0 Å². The molecule has 0 fully saturated rings. The number of ketones is 1. The van der Waals surface area contributed by atoms with E-state index in [4.69, 9.17) is 9.47 Å². The molecule has 0 radical (unpaired) electrons. The first-order valence-electron chi connectivity index (χ1n) is 8.98. The van der Waals surface area contributed by atoms with Crippen LogP contribution in [0.2, 0.25) is 0 Å². The van der Waals surface area contributed by atoms with Crippen LogP contribution in [-0.4, -0.2) is 35.8 Å². The second-order valence-electron chi connectivity index (χ2n) is 6.25. The van der Waals surface area contributed by atoms with Crippen LogP contribution in [0.3, 0.4) is 0 Å². The zero-order valence-electron chi connectivity index (χ0n) is 16.4. The van der Waals surface area contributed by atoms with Crippen LogP contribution in [-0.2, 0) is 30.8 Å². The summed E-state index contributed by atoms with van der Waals surface area (Å²) in [6.07, 6.45) is 0.171.